The van der Waals surface area contributed by atoms with Gasteiger partial charge in [0, 0.05) is 43.4 Å². The van der Waals surface area contributed by atoms with Gasteiger partial charge in [-0.1, -0.05) is 6.07 Å². The van der Waals surface area contributed by atoms with Gasteiger partial charge < -0.3 is 16.4 Å². The van der Waals surface area contributed by atoms with E-state index >= 15 is 0 Å². The van der Waals surface area contributed by atoms with E-state index in [2.05, 4.69) is 37.7 Å². The molecule has 0 radical (unpaired) electrons. The number of pyridine rings is 3. The molecule has 4 N–H and O–H groups in total. The molecule has 3 aromatic rings. The van der Waals surface area contributed by atoms with Crippen LogP contribution in [0.3, 0.4) is 0 Å². The summed E-state index contributed by atoms with van der Waals surface area (Å²) in [5, 5.41) is 6.93. The molecule has 3 heterocycles. The van der Waals surface area contributed by atoms with Gasteiger partial charge in [0.15, 0.2) is 0 Å². The molecule has 0 aromatic carbocycles. The first kappa shape index (κ1) is 18.4. The average molecular weight is 374 g/mol. The van der Waals surface area contributed by atoms with Gasteiger partial charge in [0.05, 0.1) is 0 Å². The highest BCUT2D eigenvalue weighted by Crippen LogP contribution is 2.25. The Morgan fingerprint density at radius 2 is 1.61 bits per heavy atom. The molecule has 0 atom stereocenters. The standard InChI is InChI=1S/C22H26N6/c23-19-3-5-20(6-4-19)28-22-13-18(8-11-26-22)17-7-10-25-21(12-17)27-15-16-2-1-9-24-14-16/h1-2,7-14,19-20H,3-6,15,23H2,(H,25,27)(H,26,28). The molecule has 0 spiro atoms. The number of nitrogens with zero attached hydrogens (tertiary/aromatic N) is 3. The molecular formula is C22H26N6. The normalized spacial score (nSPS) is 19.2. The Hall–Kier alpha value is -2.99. The lowest BCUT2D eigenvalue weighted by Gasteiger charge is -2.27. The highest BCUT2D eigenvalue weighted by molar-refractivity contribution is 5.68. The Labute approximate surface area is 165 Å². The van der Waals surface area contributed by atoms with Gasteiger partial charge in [-0.3, -0.25) is 4.98 Å². The lowest BCUT2D eigenvalue weighted by molar-refractivity contribution is 0.410. The van der Waals surface area contributed by atoms with E-state index in [-0.39, 0.29) is 0 Å². The van der Waals surface area contributed by atoms with Gasteiger partial charge in [0.2, 0.25) is 0 Å². The van der Waals surface area contributed by atoms with E-state index in [1.165, 1.54) is 0 Å². The third kappa shape index (κ3) is 4.84. The maximum atomic E-state index is 6.01. The fourth-order valence-corrected chi connectivity index (χ4v) is 3.56. The second-order valence-electron chi connectivity index (χ2n) is 7.33. The molecule has 144 valence electrons. The second kappa shape index (κ2) is 8.80. The largest absolute Gasteiger partial charge is 0.367 e. The Morgan fingerprint density at radius 1 is 0.893 bits per heavy atom. The third-order valence-corrected chi connectivity index (χ3v) is 5.17. The summed E-state index contributed by atoms with van der Waals surface area (Å²) in [5.74, 6) is 1.76. The summed E-state index contributed by atoms with van der Waals surface area (Å²) in [6.45, 7) is 0.692. The summed E-state index contributed by atoms with van der Waals surface area (Å²) in [4.78, 5) is 13.1. The van der Waals surface area contributed by atoms with Crippen LogP contribution in [0.25, 0.3) is 11.1 Å². The lowest BCUT2D eigenvalue weighted by atomic mass is 9.92. The van der Waals surface area contributed by atoms with E-state index in [0.29, 0.717) is 18.6 Å². The topological polar surface area (TPSA) is 88.8 Å². The molecule has 1 fully saturated rings. The molecule has 3 aromatic heterocycles. The number of hydrogen-bond donors (Lipinski definition) is 3. The van der Waals surface area contributed by atoms with Gasteiger partial charge in [-0.05, 0) is 72.7 Å². The molecule has 6 nitrogen and oxygen atoms in total. The van der Waals surface area contributed by atoms with Gasteiger partial charge >= 0.3 is 0 Å². The van der Waals surface area contributed by atoms with E-state index in [1.54, 1.807) is 6.20 Å². The minimum Gasteiger partial charge on any atom is -0.367 e. The molecule has 6 heteroatoms. The highest BCUT2D eigenvalue weighted by atomic mass is 15.0. The zero-order valence-electron chi connectivity index (χ0n) is 15.9. The minimum atomic E-state index is 0.353. The molecule has 4 rings (SSSR count). The van der Waals surface area contributed by atoms with Crippen molar-refractivity contribution >= 4 is 11.6 Å². The van der Waals surface area contributed by atoms with E-state index in [0.717, 1.165) is 54.0 Å². The number of aromatic nitrogens is 3. The van der Waals surface area contributed by atoms with Crippen molar-refractivity contribution in [3.63, 3.8) is 0 Å². The van der Waals surface area contributed by atoms with Crippen molar-refractivity contribution < 1.29 is 0 Å². The Morgan fingerprint density at radius 3 is 2.32 bits per heavy atom. The van der Waals surface area contributed by atoms with E-state index in [9.17, 15) is 0 Å². The summed E-state index contributed by atoms with van der Waals surface area (Å²) >= 11 is 0. The predicted molar refractivity (Wildman–Crippen MR) is 113 cm³/mol. The van der Waals surface area contributed by atoms with Gasteiger partial charge in [-0.15, -0.1) is 0 Å². The van der Waals surface area contributed by atoms with Gasteiger partial charge in [0.25, 0.3) is 0 Å². The van der Waals surface area contributed by atoms with Crippen molar-refractivity contribution in [1.29, 1.82) is 0 Å². The number of hydrogen-bond acceptors (Lipinski definition) is 6. The first-order chi connectivity index (χ1) is 13.8. The maximum absolute atomic E-state index is 6.01. The van der Waals surface area contributed by atoms with Crippen LogP contribution >= 0.6 is 0 Å². The third-order valence-electron chi connectivity index (χ3n) is 5.17. The molecular weight excluding hydrogens is 348 g/mol. The zero-order valence-corrected chi connectivity index (χ0v) is 15.9. The summed E-state index contributed by atoms with van der Waals surface area (Å²) in [7, 11) is 0. The summed E-state index contributed by atoms with van der Waals surface area (Å²) in [5.41, 5.74) is 9.36. The fourth-order valence-electron chi connectivity index (χ4n) is 3.56. The monoisotopic (exact) mass is 374 g/mol. The second-order valence-corrected chi connectivity index (χ2v) is 7.33. The number of nitrogens with one attached hydrogen (secondary N) is 2. The number of nitrogens with two attached hydrogens (primary N) is 1. The van der Waals surface area contributed by atoms with E-state index in [4.69, 9.17) is 5.73 Å². The van der Waals surface area contributed by atoms with Crippen LogP contribution in [0.1, 0.15) is 31.2 Å². The lowest BCUT2D eigenvalue weighted by Crippen LogP contribution is -2.32. The maximum Gasteiger partial charge on any atom is 0.126 e. The van der Waals surface area contributed by atoms with Crippen LogP contribution in [0.4, 0.5) is 11.6 Å². The van der Waals surface area contributed by atoms with Gasteiger partial charge in [0.1, 0.15) is 11.6 Å². The first-order valence-corrected chi connectivity index (χ1v) is 9.83. The summed E-state index contributed by atoms with van der Waals surface area (Å²) in [6, 6.07) is 13.0. The van der Waals surface area contributed by atoms with E-state index < -0.39 is 0 Å². The van der Waals surface area contributed by atoms with Gasteiger partial charge in [-0.2, -0.15) is 0 Å². The Bertz CT molecular complexity index is 890. The van der Waals surface area contributed by atoms with Crippen molar-refractivity contribution in [2.75, 3.05) is 10.6 Å². The number of rotatable bonds is 6. The van der Waals surface area contributed by atoms with Crippen molar-refractivity contribution in [3.05, 3.63) is 66.7 Å². The fraction of sp³-hybridized carbons (Fsp3) is 0.318. The van der Waals surface area contributed by atoms with E-state index in [1.807, 2.05) is 42.9 Å². The van der Waals surface area contributed by atoms with Crippen molar-refractivity contribution in [3.8, 4) is 11.1 Å². The first-order valence-electron chi connectivity index (χ1n) is 9.83. The van der Waals surface area contributed by atoms with Crippen LogP contribution in [0.15, 0.2) is 61.2 Å². The van der Waals surface area contributed by atoms with Crippen molar-refractivity contribution in [2.45, 2.75) is 44.3 Å². The molecule has 1 aliphatic carbocycles. The molecule has 0 unspecified atom stereocenters. The van der Waals surface area contributed by atoms with Crippen LogP contribution in [0.5, 0.6) is 0 Å². The van der Waals surface area contributed by atoms with Crippen LogP contribution in [0, 0.1) is 0 Å². The highest BCUT2D eigenvalue weighted by Gasteiger charge is 2.18. The molecule has 1 aliphatic rings. The molecule has 1 saturated carbocycles. The number of anilines is 2. The Balaban J connectivity index is 1.43. The van der Waals surface area contributed by atoms with Crippen LogP contribution < -0.4 is 16.4 Å². The molecule has 28 heavy (non-hydrogen) atoms. The van der Waals surface area contributed by atoms with Gasteiger partial charge in [-0.25, -0.2) is 9.97 Å². The summed E-state index contributed by atoms with van der Waals surface area (Å²) in [6.07, 6.45) is 11.7. The predicted octanol–water partition coefficient (Wildman–Crippen LogP) is 3.83. The molecule has 0 saturated heterocycles. The van der Waals surface area contributed by atoms with Crippen LogP contribution in [-0.4, -0.2) is 27.0 Å². The Kier molecular flexibility index (Phi) is 5.77. The van der Waals surface area contributed by atoms with Crippen LogP contribution in [-0.2, 0) is 6.54 Å². The van der Waals surface area contributed by atoms with Crippen molar-refractivity contribution in [2.24, 2.45) is 5.73 Å². The minimum absolute atomic E-state index is 0.353. The molecule has 0 amide bonds. The summed E-state index contributed by atoms with van der Waals surface area (Å²) < 4.78 is 0. The zero-order chi connectivity index (χ0) is 19.2. The van der Waals surface area contributed by atoms with Crippen molar-refractivity contribution in [1.82, 2.24) is 15.0 Å². The average Bonchev–Trinajstić information content (AvgIpc) is 2.75. The molecule has 0 aliphatic heterocycles. The van der Waals surface area contributed by atoms with Crippen LogP contribution in [0.2, 0.25) is 0 Å². The molecule has 0 bridgehead atoms. The quantitative estimate of drug-likeness (QED) is 0.608. The SMILES string of the molecule is NC1CCC(Nc2cc(-c3ccnc(NCc4cccnc4)c3)ccn2)CC1. The smallest absolute Gasteiger partial charge is 0.126 e.